The summed E-state index contributed by atoms with van der Waals surface area (Å²) in [6.07, 6.45) is 1.36. The largest absolute Gasteiger partial charge is 0.311 e. The first-order valence-corrected chi connectivity index (χ1v) is 6.66. The van der Waals surface area contributed by atoms with Gasteiger partial charge in [-0.2, -0.15) is 0 Å². The van der Waals surface area contributed by atoms with Crippen molar-refractivity contribution in [2.45, 2.75) is 19.4 Å². The number of hydrogen-bond acceptors (Lipinski definition) is 3. The van der Waals surface area contributed by atoms with Gasteiger partial charge in [-0.1, -0.05) is 6.07 Å². The monoisotopic (exact) mass is 266 g/mol. The van der Waals surface area contributed by atoms with Crippen LogP contribution in [0.3, 0.4) is 0 Å². The molecule has 0 aliphatic carbocycles. The molecule has 2 heterocycles. The summed E-state index contributed by atoms with van der Waals surface area (Å²) in [5.74, 6) is -1.04. The number of thiazole rings is 1. The number of benzene rings is 1. The molecule has 0 radical (unpaired) electrons. The van der Waals surface area contributed by atoms with Crippen LogP contribution in [0.4, 0.5) is 8.78 Å². The summed E-state index contributed by atoms with van der Waals surface area (Å²) in [7, 11) is 0. The molecule has 0 spiro atoms. The van der Waals surface area contributed by atoms with E-state index in [1.165, 1.54) is 17.0 Å². The predicted molar refractivity (Wildman–Crippen MR) is 66.7 cm³/mol. The molecule has 1 aromatic heterocycles. The van der Waals surface area contributed by atoms with Crippen LogP contribution >= 0.6 is 11.3 Å². The van der Waals surface area contributed by atoms with Gasteiger partial charge < -0.3 is 5.32 Å². The summed E-state index contributed by atoms with van der Waals surface area (Å²) in [6.45, 7) is 1.79. The molecule has 2 nitrogen and oxygen atoms in total. The molecule has 0 atom stereocenters. The highest BCUT2D eigenvalue weighted by molar-refractivity contribution is 7.11. The second-order valence-electron chi connectivity index (χ2n) is 4.32. The van der Waals surface area contributed by atoms with Crippen LogP contribution in [0, 0.1) is 11.6 Å². The van der Waals surface area contributed by atoms with E-state index in [4.69, 9.17) is 0 Å². The van der Waals surface area contributed by atoms with Gasteiger partial charge in [0, 0.05) is 36.9 Å². The Hall–Kier alpha value is -1.33. The second kappa shape index (κ2) is 4.74. The van der Waals surface area contributed by atoms with E-state index in [0.29, 0.717) is 12.0 Å². The molecule has 0 bridgehead atoms. The normalized spacial score (nSPS) is 14.6. The van der Waals surface area contributed by atoms with Crippen molar-refractivity contribution < 1.29 is 8.78 Å². The lowest BCUT2D eigenvalue weighted by Gasteiger charge is -2.09. The second-order valence-corrected chi connectivity index (χ2v) is 5.48. The summed E-state index contributed by atoms with van der Waals surface area (Å²) < 4.78 is 26.4. The molecule has 0 unspecified atom stereocenters. The fourth-order valence-electron chi connectivity index (χ4n) is 2.08. The van der Waals surface area contributed by atoms with E-state index in [0.717, 1.165) is 36.3 Å². The molecule has 1 N–H and O–H groups in total. The number of aromatic nitrogens is 1. The fraction of sp³-hybridized carbons (Fsp3) is 0.308. The van der Waals surface area contributed by atoms with Crippen molar-refractivity contribution in [3.63, 3.8) is 0 Å². The van der Waals surface area contributed by atoms with Crippen molar-refractivity contribution >= 4 is 11.3 Å². The number of halogens is 2. The molecular formula is C13H12F2N2S. The van der Waals surface area contributed by atoms with Gasteiger partial charge in [-0.05, 0) is 11.6 Å². The fourth-order valence-corrected chi connectivity index (χ4v) is 3.19. The molecule has 1 aromatic carbocycles. The first-order valence-electron chi connectivity index (χ1n) is 5.84. The summed E-state index contributed by atoms with van der Waals surface area (Å²) in [4.78, 5) is 5.76. The minimum Gasteiger partial charge on any atom is -0.311 e. The van der Waals surface area contributed by atoms with E-state index in [9.17, 15) is 8.78 Å². The van der Waals surface area contributed by atoms with Crippen molar-refractivity contribution in [1.82, 2.24) is 10.3 Å². The third-order valence-corrected chi connectivity index (χ3v) is 4.10. The minimum atomic E-state index is -0.543. The van der Waals surface area contributed by atoms with Gasteiger partial charge >= 0.3 is 0 Å². The van der Waals surface area contributed by atoms with Crippen molar-refractivity contribution in [2.24, 2.45) is 0 Å². The molecular weight excluding hydrogens is 254 g/mol. The molecule has 0 saturated heterocycles. The Kier molecular flexibility index (Phi) is 3.09. The summed E-state index contributed by atoms with van der Waals surface area (Å²) in [5, 5.41) is 4.18. The maximum Gasteiger partial charge on any atom is 0.129 e. The number of hydrogen-bond donors (Lipinski definition) is 1. The highest BCUT2D eigenvalue weighted by Crippen LogP contribution is 2.24. The van der Waals surface area contributed by atoms with E-state index in [2.05, 4.69) is 10.3 Å². The summed E-state index contributed by atoms with van der Waals surface area (Å²) in [6, 6.07) is 3.70. The predicted octanol–water partition coefficient (Wildman–Crippen LogP) is 2.66. The molecule has 3 rings (SSSR count). The highest BCUT2D eigenvalue weighted by atomic mass is 32.1. The summed E-state index contributed by atoms with van der Waals surface area (Å²) >= 11 is 1.61. The first-order chi connectivity index (χ1) is 8.72. The quantitative estimate of drug-likeness (QED) is 0.904. The molecule has 18 heavy (non-hydrogen) atoms. The van der Waals surface area contributed by atoms with E-state index >= 15 is 0 Å². The van der Waals surface area contributed by atoms with Gasteiger partial charge in [0.05, 0.1) is 10.7 Å². The van der Waals surface area contributed by atoms with Gasteiger partial charge in [-0.15, -0.1) is 11.3 Å². The molecule has 5 heteroatoms. The zero-order chi connectivity index (χ0) is 12.5. The standard InChI is InChI=1S/C13H12F2N2S/c14-9-2-1-8(10(15)6-9)5-13-17-11-3-4-16-7-12(11)18-13/h1-2,6,16H,3-5,7H2. The van der Waals surface area contributed by atoms with Crippen LogP contribution in [0.15, 0.2) is 18.2 Å². The SMILES string of the molecule is Fc1ccc(Cc2nc3c(s2)CNCC3)c(F)c1. The van der Waals surface area contributed by atoms with Gasteiger partial charge in [-0.3, -0.25) is 0 Å². The smallest absolute Gasteiger partial charge is 0.129 e. The highest BCUT2D eigenvalue weighted by Gasteiger charge is 2.15. The van der Waals surface area contributed by atoms with Crippen LogP contribution < -0.4 is 5.32 Å². The lowest BCUT2D eigenvalue weighted by atomic mass is 10.1. The average Bonchev–Trinajstić information content (AvgIpc) is 2.75. The van der Waals surface area contributed by atoms with E-state index in [1.54, 1.807) is 11.3 Å². The Labute approximate surface area is 108 Å². The Morgan fingerprint density at radius 3 is 3.00 bits per heavy atom. The van der Waals surface area contributed by atoms with Crippen LogP contribution in [0.5, 0.6) is 0 Å². The average molecular weight is 266 g/mol. The van der Waals surface area contributed by atoms with Crippen LogP contribution in [0.2, 0.25) is 0 Å². The van der Waals surface area contributed by atoms with Crippen LogP contribution in [-0.2, 0) is 19.4 Å². The van der Waals surface area contributed by atoms with Gasteiger partial charge in [0.15, 0.2) is 0 Å². The molecule has 1 aliphatic heterocycles. The third kappa shape index (κ3) is 2.28. The summed E-state index contributed by atoms with van der Waals surface area (Å²) in [5.41, 5.74) is 1.62. The van der Waals surface area contributed by atoms with Gasteiger partial charge in [0.2, 0.25) is 0 Å². The number of nitrogens with zero attached hydrogens (tertiary/aromatic N) is 1. The van der Waals surface area contributed by atoms with Gasteiger partial charge in [0.1, 0.15) is 11.6 Å². The van der Waals surface area contributed by atoms with E-state index in [-0.39, 0.29) is 0 Å². The van der Waals surface area contributed by atoms with E-state index in [1.807, 2.05) is 0 Å². The van der Waals surface area contributed by atoms with Crippen LogP contribution in [-0.4, -0.2) is 11.5 Å². The van der Waals surface area contributed by atoms with E-state index < -0.39 is 11.6 Å². The molecule has 0 saturated carbocycles. The Morgan fingerprint density at radius 2 is 2.22 bits per heavy atom. The number of rotatable bonds is 2. The van der Waals surface area contributed by atoms with Crippen LogP contribution in [0.1, 0.15) is 21.1 Å². The third-order valence-electron chi connectivity index (χ3n) is 3.00. The van der Waals surface area contributed by atoms with Gasteiger partial charge in [-0.25, -0.2) is 13.8 Å². The Bertz CT molecular complexity index is 557. The minimum absolute atomic E-state index is 0.434. The van der Waals surface area contributed by atoms with Crippen molar-refractivity contribution in [3.8, 4) is 0 Å². The molecule has 2 aromatic rings. The first kappa shape index (κ1) is 11.7. The lowest BCUT2D eigenvalue weighted by molar-refractivity contribution is 0.574. The van der Waals surface area contributed by atoms with Gasteiger partial charge in [0.25, 0.3) is 0 Å². The van der Waals surface area contributed by atoms with Crippen molar-refractivity contribution in [2.75, 3.05) is 6.54 Å². The lowest BCUT2D eigenvalue weighted by Crippen LogP contribution is -2.22. The molecule has 0 fully saturated rings. The van der Waals surface area contributed by atoms with Crippen LogP contribution in [0.25, 0.3) is 0 Å². The molecule has 1 aliphatic rings. The zero-order valence-electron chi connectivity index (χ0n) is 9.67. The maximum absolute atomic E-state index is 13.5. The number of nitrogens with one attached hydrogen (secondary N) is 1. The number of fused-ring (bicyclic) bond motifs is 1. The van der Waals surface area contributed by atoms with Crippen molar-refractivity contribution in [3.05, 3.63) is 51.0 Å². The molecule has 94 valence electrons. The topological polar surface area (TPSA) is 24.9 Å². The Balaban J connectivity index is 1.85. The van der Waals surface area contributed by atoms with Crippen molar-refractivity contribution in [1.29, 1.82) is 0 Å². The Morgan fingerprint density at radius 1 is 1.33 bits per heavy atom. The maximum atomic E-state index is 13.5. The zero-order valence-corrected chi connectivity index (χ0v) is 10.5. The molecule has 0 amide bonds.